The molecular formula is C20H12N4OS2. The van der Waals surface area contributed by atoms with Gasteiger partial charge in [0.25, 0.3) is 5.91 Å². The summed E-state index contributed by atoms with van der Waals surface area (Å²) in [5.74, 6) is -0.175. The highest BCUT2D eigenvalue weighted by Gasteiger charge is 2.11. The van der Waals surface area contributed by atoms with Crippen molar-refractivity contribution in [2.45, 2.75) is 0 Å². The third-order valence-electron chi connectivity index (χ3n) is 4.18. The quantitative estimate of drug-likeness (QED) is 0.460. The van der Waals surface area contributed by atoms with Crippen LogP contribution in [-0.2, 0) is 0 Å². The second-order valence-corrected chi connectivity index (χ2v) is 7.55. The predicted molar refractivity (Wildman–Crippen MR) is 110 cm³/mol. The number of para-hydroxylation sites is 1. The van der Waals surface area contributed by atoms with Crippen LogP contribution in [0.15, 0.2) is 66.7 Å². The summed E-state index contributed by atoms with van der Waals surface area (Å²) in [6, 6.07) is 21.1. The van der Waals surface area contributed by atoms with Gasteiger partial charge in [-0.2, -0.15) is 8.75 Å². The minimum absolute atomic E-state index is 0.175. The number of rotatable bonds is 3. The Labute approximate surface area is 162 Å². The van der Waals surface area contributed by atoms with Gasteiger partial charge in [-0.3, -0.25) is 4.79 Å². The van der Waals surface area contributed by atoms with Crippen LogP contribution in [-0.4, -0.2) is 19.6 Å². The Bertz CT molecular complexity index is 1260. The number of nitrogens with zero attached hydrogens (tertiary/aromatic N) is 3. The predicted octanol–water partition coefficient (Wildman–Crippen LogP) is 5.22. The third-order valence-corrected chi connectivity index (χ3v) is 5.82. The second-order valence-electron chi connectivity index (χ2n) is 5.99. The number of carbonyl (C=O) groups is 1. The van der Waals surface area contributed by atoms with Gasteiger partial charge < -0.3 is 5.32 Å². The van der Waals surface area contributed by atoms with Gasteiger partial charge in [-0.15, -0.1) is 11.3 Å². The zero-order valence-corrected chi connectivity index (χ0v) is 15.6. The number of anilines is 1. The molecule has 3 aromatic carbocycles. The van der Waals surface area contributed by atoms with Gasteiger partial charge in [0.1, 0.15) is 16.0 Å². The first-order chi connectivity index (χ1) is 13.3. The first-order valence-corrected chi connectivity index (χ1v) is 9.81. The minimum Gasteiger partial charge on any atom is -0.322 e. The molecule has 130 valence electrons. The van der Waals surface area contributed by atoms with E-state index in [4.69, 9.17) is 0 Å². The average molecular weight is 388 g/mol. The molecule has 1 amide bonds. The molecule has 0 radical (unpaired) electrons. The van der Waals surface area contributed by atoms with Gasteiger partial charge in [0, 0.05) is 16.8 Å². The second kappa shape index (κ2) is 6.53. The lowest BCUT2D eigenvalue weighted by Crippen LogP contribution is -2.11. The van der Waals surface area contributed by atoms with Crippen LogP contribution in [0.25, 0.3) is 31.8 Å². The van der Waals surface area contributed by atoms with E-state index in [1.54, 1.807) is 23.5 Å². The van der Waals surface area contributed by atoms with Crippen LogP contribution in [0.4, 0.5) is 5.69 Å². The average Bonchev–Trinajstić information content (AvgIpc) is 3.34. The Kier molecular flexibility index (Phi) is 3.88. The zero-order chi connectivity index (χ0) is 18.2. The lowest BCUT2D eigenvalue weighted by molar-refractivity contribution is 0.102. The molecule has 0 aliphatic rings. The Morgan fingerprint density at radius 3 is 2.67 bits per heavy atom. The number of amides is 1. The summed E-state index contributed by atoms with van der Waals surface area (Å²) >= 11 is 2.78. The number of hydrogen-bond donors (Lipinski definition) is 1. The molecule has 0 aliphatic carbocycles. The Hall–Kier alpha value is -3.16. The fraction of sp³-hybridized carbons (Fsp3) is 0. The highest BCUT2D eigenvalue weighted by molar-refractivity contribution is 7.21. The SMILES string of the molecule is O=C(Nc1cccc(-c2nc3ccccc3s2)c1)c1ccc2nsnc2c1. The Morgan fingerprint density at radius 1 is 0.852 bits per heavy atom. The molecule has 2 heterocycles. The van der Waals surface area contributed by atoms with Gasteiger partial charge in [0.15, 0.2) is 0 Å². The van der Waals surface area contributed by atoms with Crippen molar-refractivity contribution in [1.82, 2.24) is 13.7 Å². The summed E-state index contributed by atoms with van der Waals surface area (Å²) in [7, 11) is 0. The fourth-order valence-corrected chi connectivity index (χ4v) is 4.33. The van der Waals surface area contributed by atoms with Crippen LogP contribution < -0.4 is 5.32 Å². The van der Waals surface area contributed by atoms with Crippen LogP contribution in [0.1, 0.15) is 10.4 Å². The number of carbonyl (C=O) groups excluding carboxylic acids is 1. The van der Waals surface area contributed by atoms with Crippen molar-refractivity contribution in [3.63, 3.8) is 0 Å². The molecule has 0 aliphatic heterocycles. The van der Waals surface area contributed by atoms with Crippen molar-refractivity contribution >= 4 is 55.9 Å². The lowest BCUT2D eigenvalue weighted by atomic mass is 10.1. The van der Waals surface area contributed by atoms with E-state index in [1.165, 1.54) is 0 Å². The fourth-order valence-electron chi connectivity index (χ4n) is 2.85. The molecule has 0 saturated carbocycles. The molecule has 5 aromatic rings. The summed E-state index contributed by atoms with van der Waals surface area (Å²) in [5.41, 5.74) is 4.78. The van der Waals surface area contributed by atoms with Gasteiger partial charge in [-0.25, -0.2) is 4.98 Å². The van der Waals surface area contributed by atoms with Gasteiger partial charge in [-0.05, 0) is 42.5 Å². The number of nitrogens with one attached hydrogen (secondary N) is 1. The molecule has 0 spiro atoms. The van der Waals surface area contributed by atoms with Crippen molar-refractivity contribution in [2.24, 2.45) is 0 Å². The number of thiazole rings is 1. The monoisotopic (exact) mass is 388 g/mol. The number of benzene rings is 3. The summed E-state index contributed by atoms with van der Waals surface area (Å²) in [4.78, 5) is 17.3. The molecule has 27 heavy (non-hydrogen) atoms. The van der Waals surface area contributed by atoms with E-state index < -0.39 is 0 Å². The van der Waals surface area contributed by atoms with E-state index in [0.717, 1.165) is 49.2 Å². The van der Waals surface area contributed by atoms with E-state index in [1.807, 2.05) is 48.5 Å². The first-order valence-electron chi connectivity index (χ1n) is 8.26. The lowest BCUT2D eigenvalue weighted by Gasteiger charge is -2.06. The van der Waals surface area contributed by atoms with Crippen LogP contribution in [0.2, 0.25) is 0 Å². The molecule has 1 N–H and O–H groups in total. The van der Waals surface area contributed by atoms with Gasteiger partial charge >= 0.3 is 0 Å². The smallest absolute Gasteiger partial charge is 0.255 e. The Balaban J connectivity index is 1.43. The maximum atomic E-state index is 12.6. The standard InChI is InChI=1S/C20H12N4OS2/c25-19(12-8-9-15-17(11-12)24-27-23-15)21-14-5-3-4-13(10-14)20-22-16-6-1-2-7-18(16)26-20/h1-11H,(H,21,25). The van der Waals surface area contributed by atoms with E-state index in [2.05, 4.69) is 25.1 Å². The third kappa shape index (κ3) is 3.07. The highest BCUT2D eigenvalue weighted by atomic mass is 32.1. The normalized spacial score (nSPS) is 11.1. The van der Waals surface area contributed by atoms with Crippen LogP contribution >= 0.6 is 23.1 Å². The van der Waals surface area contributed by atoms with Crippen molar-refractivity contribution in [2.75, 3.05) is 5.32 Å². The van der Waals surface area contributed by atoms with Crippen LogP contribution in [0, 0.1) is 0 Å². The molecular weight excluding hydrogens is 376 g/mol. The van der Waals surface area contributed by atoms with E-state index >= 15 is 0 Å². The summed E-state index contributed by atoms with van der Waals surface area (Å²) in [6.45, 7) is 0. The van der Waals surface area contributed by atoms with E-state index in [0.29, 0.717) is 5.56 Å². The first kappa shape index (κ1) is 16.0. The molecule has 0 atom stereocenters. The largest absolute Gasteiger partial charge is 0.322 e. The van der Waals surface area contributed by atoms with E-state index in [9.17, 15) is 4.79 Å². The van der Waals surface area contributed by atoms with Gasteiger partial charge in [-0.1, -0.05) is 24.3 Å². The van der Waals surface area contributed by atoms with E-state index in [-0.39, 0.29) is 5.91 Å². The zero-order valence-electron chi connectivity index (χ0n) is 13.9. The van der Waals surface area contributed by atoms with Crippen molar-refractivity contribution in [1.29, 1.82) is 0 Å². The van der Waals surface area contributed by atoms with Gasteiger partial charge in [0.2, 0.25) is 0 Å². The maximum Gasteiger partial charge on any atom is 0.255 e. The van der Waals surface area contributed by atoms with Gasteiger partial charge in [0.05, 0.1) is 21.9 Å². The minimum atomic E-state index is -0.175. The molecule has 0 unspecified atom stereocenters. The van der Waals surface area contributed by atoms with Crippen molar-refractivity contribution in [3.8, 4) is 10.6 Å². The summed E-state index contributed by atoms with van der Waals surface area (Å²) in [6.07, 6.45) is 0. The molecule has 5 rings (SSSR count). The maximum absolute atomic E-state index is 12.6. The van der Waals surface area contributed by atoms with Crippen LogP contribution in [0.5, 0.6) is 0 Å². The summed E-state index contributed by atoms with van der Waals surface area (Å²) < 4.78 is 9.49. The van der Waals surface area contributed by atoms with Crippen LogP contribution in [0.3, 0.4) is 0 Å². The topological polar surface area (TPSA) is 67.8 Å². The molecule has 0 saturated heterocycles. The molecule has 2 aromatic heterocycles. The highest BCUT2D eigenvalue weighted by Crippen LogP contribution is 2.31. The van der Waals surface area contributed by atoms with Crippen molar-refractivity contribution in [3.05, 3.63) is 72.3 Å². The Morgan fingerprint density at radius 2 is 1.74 bits per heavy atom. The van der Waals surface area contributed by atoms with Crippen molar-refractivity contribution < 1.29 is 4.79 Å². The summed E-state index contributed by atoms with van der Waals surface area (Å²) in [5, 5.41) is 3.88. The molecule has 0 bridgehead atoms. The molecule has 0 fully saturated rings. The number of fused-ring (bicyclic) bond motifs is 2. The number of hydrogen-bond acceptors (Lipinski definition) is 6. The molecule has 7 heteroatoms. The molecule has 5 nitrogen and oxygen atoms in total. The number of aromatic nitrogens is 3.